The first-order valence-corrected chi connectivity index (χ1v) is 6.43. The predicted molar refractivity (Wildman–Crippen MR) is 76.2 cm³/mol. The van der Waals surface area contributed by atoms with Crippen molar-refractivity contribution in [2.75, 3.05) is 18.5 Å². The van der Waals surface area contributed by atoms with Crippen LogP contribution in [0.4, 0.5) is 10.1 Å². The van der Waals surface area contributed by atoms with Crippen molar-refractivity contribution in [3.05, 3.63) is 59.9 Å². The molecule has 0 aliphatic heterocycles. The van der Waals surface area contributed by atoms with E-state index in [0.717, 1.165) is 18.7 Å². The van der Waals surface area contributed by atoms with E-state index >= 15 is 0 Å². The van der Waals surface area contributed by atoms with E-state index < -0.39 is 0 Å². The summed E-state index contributed by atoms with van der Waals surface area (Å²) in [4.78, 5) is 0. The lowest BCUT2D eigenvalue weighted by Crippen LogP contribution is -2.07. The van der Waals surface area contributed by atoms with Crippen LogP contribution in [0.1, 0.15) is 12.0 Å². The average molecular weight is 259 g/mol. The third-order valence-corrected chi connectivity index (χ3v) is 2.84. The van der Waals surface area contributed by atoms with Crippen molar-refractivity contribution < 1.29 is 9.13 Å². The molecule has 100 valence electrons. The highest BCUT2D eigenvalue weighted by atomic mass is 19.1. The number of para-hydroxylation sites is 1. The van der Waals surface area contributed by atoms with Crippen molar-refractivity contribution in [1.82, 2.24) is 0 Å². The van der Waals surface area contributed by atoms with Crippen LogP contribution < -0.4 is 10.1 Å². The third-order valence-electron chi connectivity index (χ3n) is 2.84. The van der Waals surface area contributed by atoms with Gasteiger partial charge in [-0.3, -0.25) is 0 Å². The summed E-state index contributed by atoms with van der Waals surface area (Å²) in [7, 11) is 0. The van der Waals surface area contributed by atoms with Crippen molar-refractivity contribution in [1.29, 1.82) is 0 Å². The summed E-state index contributed by atoms with van der Waals surface area (Å²) in [6, 6.07) is 15.0. The lowest BCUT2D eigenvalue weighted by molar-refractivity contribution is 0.313. The largest absolute Gasteiger partial charge is 0.493 e. The molecule has 0 fully saturated rings. The molecular weight excluding hydrogens is 241 g/mol. The Kier molecular flexibility index (Phi) is 4.78. The summed E-state index contributed by atoms with van der Waals surface area (Å²) in [5.74, 6) is 0.364. The van der Waals surface area contributed by atoms with Gasteiger partial charge in [0.2, 0.25) is 0 Å². The molecular formula is C16H18FNO. The molecule has 1 N–H and O–H groups in total. The molecule has 0 aromatic heterocycles. The Morgan fingerprint density at radius 3 is 2.63 bits per heavy atom. The molecule has 2 rings (SSSR count). The SMILES string of the molecule is Cc1ccc(OCCCNc2ccccc2)cc1F. The van der Waals surface area contributed by atoms with E-state index in [9.17, 15) is 4.39 Å². The predicted octanol–water partition coefficient (Wildman–Crippen LogP) is 4.02. The monoisotopic (exact) mass is 259 g/mol. The van der Waals surface area contributed by atoms with Gasteiger partial charge in [0.1, 0.15) is 11.6 Å². The lowest BCUT2D eigenvalue weighted by Gasteiger charge is -2.08. The first-order valence-electron chi connectivity index (χ1n) is 6.43. The Balaban J connectivity index is 1.68. The van der Waals surface area contributed by atoms with Gasteiger partial charge in [0, 0.05) is 18.3 Å². The van der Waals surface area contributed by atoms with Crippen LogP contribution in [-0.4, -0.2) is 13.2 Å². The van der Waals surface area contributed by atoms with Gasteiger partial charge < -0.3 is 10.1 Å². The molecule has 0 saturated carbocycles. The molecule has 0 bridgehead atoms. The highest BCUT2D eigenvalue weighted by Crippen LogP contribution is 2.15. The maximum Gasteiger partial charge on any atom is 0.129 e. The van der Waals surface area contributed by atoms with Gasteiger partial charge in [-0.1, -0.05) is 24.3 Å². The van der Waals surface area contributed by atoms with E-state index in [1.807, 2.05) is 30.3 Å². The highest BCUT2D eigenvalue weighted by molar-refractivity contribution is 5.42. The van der Waals surface area contributed by atoms with Gasteiger partial charge in [-0.25, -0.2) is 4.39 Å². The second kappa shape index (κ2) is 6.78. The van der Waals surface area contributed by atoms with Crippen molar-refractivity contribution in [3.8, 4) is 5.75 Å². The quantitative estimate of drug-likeness (QED) is 0.791. The Bertz CT molecular complexity index is 513. The van der Waals surface area contributed by atoms with Crippen LogP contribution in [0.25, 0.3) is 0 Å². The Morgan fingerprint density at radius 1 is 1.11 bits per heavy atom. The number of halogens is 1. The van der Waals surface area contributed by atoms with Gasteiger partial charge in [-0.2, -0.15) is 0 Å². The van der Waals surface area contributed by atoms with Crippen molar-refractivity contribution in [2.45, 2.75) is 13.3 Å². The number of aryl methyl sites for hydroxylation is 1. The van der Waals surface area contributed by atoms with Crippen molar-refractivity contribution in [3.63, 3.8) is 0 Å². The second-order valence-electron chi connectivity index (χ2n) is 4.41. The summed E-state index contributed by atoms with van der Waals surface area (Å²) in [6.45, 7) is 3.14. The van der Waals surface area contributed by atoms with Crippen molar-refractivity contribution >= 4 is 5.69 Å². The van der Waals surface area contributed by atoms with Gasteiger partial charge in [-0.15, -0.1) is 0 Å². The summed E-state index contributed by atoms with van der Waals surface area (Å²) < 4.78 is 18.8. The minimum atomic E-state index is -0.222. The fourth-order valence-corrected chi connectivity index (χ4v) is 1.71. The normalized spacial score (nSPS) is 10.2. The minimum Gasteiger partial charge on any atom is -0.493 e. The Hall–Kier alpha value is -2.03. The molecule has 0 amide bonds. The van der Waals surface area contributed by atoms with Crippen molar-refractivity contribution in [2.24, 2.45) is 0 Å². The molecule has 0 heterocycles. The summed E-state index contributed by atoms with van der Waals surface area (Å²) >= 11 is 0. The van der Waals surface area contributed by atoms with Crippen LogP contribution in [0, 0.1) is 12.7 Å². The van der Waals surface area contributed by atoms with Crippen LogP contribution in [0.15, 0.2) is 48.5 Å². The number of hydrogen-bond donors (Lipinski definition) is 1. The standard InChI is InChI=1S/C16H18FNO/c1-13-8-9-15(12-16(13)17)19-11-5-10-18-14-6-3-2-4-7-14/h2-4,6-9,12,18H,5,10-11H2,1H3. The molecule has 2 aromatic rings. The molecule has 2 aromatic carbocycles. The molecule has 0 atom stereocenters. The maximum atomic E-state index is 13.3. The first-order chi connectivity index (χ1) is 9.25. The van der Waals surface area contributed by atoms with Gasteiger partial charge in [0.25, 0.3) is 0 Å². The van der Waals surface area contributed by atoms with Crippen LogP contribution in [0.5, 0.6) is 5.75 Å². The van der Waals surface area contributed by atoms with Crippen LogP contribution >= 0.6 is 0 Å². The molecule has 0 aliphatic carbocycles. The molecule has 3 heteroatoms. The highest BCUT2D eigenvalue weighted by Gasteiger charge is 1.99. The molecule has 0 radical (unpaired) electrons. The van der Waals surface area contributed by atoms with Gasteiger partial charge in [0.15, 0.2) is 0 Å². The Labute approximate surface area is 113 Å². The zero-order chi connectivity index (χ0) is 13.5. The minimum absolute atomic E-state index is 0.222. The number of benzene rings is 2. The van der Waals surface area contributed by atoms with E-state index in [1.54, 1.807) is 19.1 Å². The van der Waals surface area contributed by atoms with E-state index in [2.05, 4.69) is 5.32 Å². The van der Waals surface area contributed by atoms with Crippen LogP contribution in [0.2, 0.25) is 0 Å². The van der Waals surface area contributed by atoms with Gasteiger partial charge >= 0.3 is 0 Å². The van der Waals surface area contributed by atoms with Gasteiger partial charge in [-0.05, 0) is 37.1 Å². The zero-order valence-corrected chi connectivity index (χ0v) is 11.0. The lowest BCUT2D eigenvalue weighted by atomic mass is 10.2. The molecule has 0 saturated heterocycles. The maximum absolute atomic E-state index is 13.3. The van der Waals surface area contributed by atoms with E-state index in [-0.39, 0.29) is 5.82 Å². The number of nitrogens with one attached hydrogen (secondary N) is 1. The molecule has 2 nitrogen and oxygen atoms in total. The number of hydrogen-bond acceptors (Lipinski definition) is 2. The summed E-state index contributed by atoms with van der Waals surface area (Å²) in [5, 5.41) is 3.30. The Morgan fingerprint density at radius 2 is 1.89 bits per heavy atom. The number of anilines is 1. The average Bonchev–Trinajstić information content (AvgIpc) is 2.43. The fourth-order valence-electron chi connectivity index (χ4n) is 1.71. The number of rotatable bonds is 6. The van der Waals surface area contributed by atoms with E-state index in [0.29, 0.717) is 17.9 Å². The second-order valence-corrected chi connectivity index (χ2v) is 4.41. The molecule has 0 unspecified atom stereocenters. The molecule has 0 aliphatic rings. The van der Waals surface area contributed by atoms with Gasteiger partial charge in [0.05, 0.1) is 6.61 Å². The summed E-state index contributed by atoms with van der Waals surface area (Å²) in [5.41, 5.74) is 1.74. The summed E-state index contributed by atoms with van der Waals surface area (Å²) in [6.07, 6.45) is 0.865. The molecule has 19 heavy (non-hydrogen) atoms. The zero-order valence-electron chi connectivity index (χ0n) is 11.0. The molecule has 0 spiro atoms. The first kappa shape index (κ1) is 13.4. The van der Waals surface area contributed by atoms with E-state index in [4.69, 9.17) is 4.74 Å². The topological polar surface area (TPSA) is 21.3 Å². The van der Waals surface area contributed by atoms with Crippen LogP contribution in [0.3, 0.4) is 0 Å². The number of ether oxygens (including phenoxy) is 1. The smallest absolute Gasteiger partial charge is 0.129 e. The van der Waals surface area contributed by atoms with E-state index in [1.165, 1.54) is 6.07 Å². The van der Waals surface area contributed by atoms with Crippen LogP contribution in [-0.2, 0) is 0 Å². The third kappa shape index (κ3) is 4.28. The fraction of sp³-hybridized carbons (Fsp3) is 0.250.